The van der Waals surface area contributed by atoms with Crippen LogP contribution >= 0.6 is 0 Å². The van der Waals surface area contributed by atoms with Crippen LogP contribution in [-0.4, -0.2) is 4.57 Å². The van der Waals surface area contributed by atoms with Crippen LogP contribution in [0.25, 0.3) is 33.9 Å². The largest absolute Gasteiger partial charge is 1.00 e. The molecule has 0 saturated heterocycles. The molecule has 0 spiro atoms. The maximum absolute atomic E-state index is 13.7. The topological polar surface area (TPSA) is 8.81 Å². The molecule has 0 saturated carbocycles. The monoisotopic (exact) mass is 444 g/mol. The van der Waals surface area contributed by atoms with Crippen LogP contribution in [0.4, 0.5) is 8.78 Å². The first-order valence-corrected chi connectivity index (χ1v) is 10.0. The lowest BCUT2D eigenvalue weighted by Gasteiger charge is -2.06. The highest BCUT2D eigenvalue weighted by Crippen LogP contribution is 2.33. The van der Waals surface area contributed by atoms with Gasteiger partial charge in [-0.05, 0) is 72.8 Å². The number of halogens is 3. The fourth-order valence-corrected chi connectivity index (χ4v) is 3.79. The Morgan fingerprint density at radius 2 is 1.06 bits per heavy atom. The maximum atomic E-state index is 13.7. The lowest BCUT2D eigenvalue weighted by atomic mass is 10.0. The Morgan fingerprint density at radius 1 is 0.562 bits per heavy atom. The molecule has 0 aliphatic carbocycles. The molecule has 0 N–H and O–H groups in total. The Morgan fingerprint density at radius 3 is 1.62 bits per heavy atom. The number of hydrogen-bond donors (Lipinski definition) is 0. The van der Waals surface area contributed by atoms with Gasteiger partial charge in [0.05, 0.1) is 0 Å². The van der Waals surface area contributed by atoms with E-state index < -0.39 is 0 Å². The molecule has 1 heterocycles. The first-order valence-electron chi connectivity index (χ1n) is 10.0. The Balaban J connectivity index is 0.00000245. The van der Waals surface area contributed by atoms with Gasteiger partial charge in [-0.15, -0.1) is 0 Å². The van der Waals surface area contributed by atoms with Gasteiger partial charge in [0, 0.05) is 11.1 Å². The highest BCUT2D eigenvalue weighted by molar-refractivity contribution is 5.78. The molecule has 32 heavy (non-hydrogen) atoms. The van der Waals surface area contributed by atoms with E-state index in [2.05, 4.69) is 9.13 Å². The second-order valence-electron chi connectivity index (χ2n) is 7.24. The van der Waals surface area contributed by atoms with Crippen LogP contribution in [0.1, 0.15) is 0 Å². The number of imidazole rings is 1. The highest BCUT2D eigenvalue weighted by Gasteiger charge is 2.28. The van der Waals surface area contributed by atoms with Crippen molar-refractivity contribution in [1.29, 1.82) is 0 Å². The minimum absolute atomic E-state index is 0. The first kappa shape index (κ1) is 21.5. The summed E-state index contributed by atoms with van der Waals surface area (Å²) in [5.41, 5.74) is 5.45. The van der Waals surface area contributed by atoms with Crippen molar-refractivity contribution in [1.82, 2.24) is 4.57 Å². The number of aromatic nitrogens is 2. The number of para-hydroxylation sites is 2. The molecule has 0 amide bonds. The standard InChI is InChI=1S/C27H19F2N2.ClH/c28-22-15-11-20(12-16-22)26-27(21-13-17-23(29)18-14-21)31(25-9-5-2-6-10-25)19-30(26)24-7-3-1-4-8-24;/h1-19H;1H/q+1;/p-1. The summed E-state index contributed by atoms with van der Waals surface area (Å²) in [5.74, 6) is -0.582. The molecule has 0 atom stereocenters. The molecule has 2 nitrogen and oxygen atoms in total. The van der Waals surface area contributed by atoms with Crippen LogP contribution in [0.2, 0.25) is 0 Å². The summed E-state index contributed by atoms with van der Waals surface area (Å²) >= 11 is 0. The molecule has 4 aromatic carbocycles. The van der Waals surface area contributed by atoms with Gasteiger partial charge in [-0.2, -0.15) is 9.13 Å². The molecule has 0 aliphatic rings. The first-order chi connectivity index (χ1) is 15.2. The normalized spacial score (nSPS) is 10.6. The third-order valence-corrected chi connectivity index (χ3v) is 5.24. The van der Waals surface area contributed by atoms with Crippen molar-refractivity contribution < 1.29 is 25.8 Å². The lowest BCUT2D eigenvalue weighted by Crippen LogP contribution is -3.00. The van der Waals surface area contributed by atoms with Gasteiger partial charge >= 0.3 is 0 Å². The van der Waals surface area contributed by atoms with Crippen LogP contribution < -0.4 is 17.0 Å². The molecule has 5 aromatic rings. The summed E-state index contributed by atoms with van der Waals surface area (Å²) < 4.78 is 31.6. The third kappa shape index (κ3) is 4.05. The Kier molecular flexibility index (Phi) is 6.15. The Labute approximate surface area is 191 Å². The van der Waals surface area contributed by atoms with Gasteiger partial charge in [0.15, 0.2) is 11.4 Å². The second kappa shape index (κ2) is 9.16. The fourth-order valence-electron chi connectivity index (χ4n) is 3.79. The van der Waals surface area contributed by atoms with Gasteiger partial charge < -0.3 is 12.4 Å². The van der Waals surface area contributed by atoms with Crippen LogP contribution in [0.3, 0.4) is 0 Å². The van der Waals surface area contributed by atoms with Crippen LogP contribution in [-0.2, 0) is 0 Å². The SMILES string of the molecule is Fc1ccc(-c2c(-c3ccc(F)cc3)[n+](-c3ccccc3)cn2-c2ccccc2)cc1.[Cl-]. The highest BCUT2D eigenvalue weighted by atomic mass is 35.5. The number of nitrogens with zero attached hydrogens (tertiary/aromatic N) is 2. The van der Waals surface area contributed by atoms with E-state index in [-0.39, 0.29) is 24.0 Å². The predicted octanol–water partition coefficient (Wildman–Crippen LogP) is 3.37. The van der Waals surface area contributed by atoms with E-state index in [1.54, 1.807) is 24.3 Å². The Hall–Kier alpha value is -3.76. The van der Waals surface area contributed by atoms with Crippen molar-refractivity contribution in [3.63, 3.8) is 0 Å². The van der Waals surface area contributed by atoms with Crippen molar-refractivity contribution in [2.75, 3.05) is 0 Å². The van der Waals surface area contributed by atoms with Gasteiger partial charge in [-0.1, -0.05) is 36.4 Å². The van der Waals surface area contributed by atoms with Gasteiger partial charge in [0.25, 0.3) is 6.33 Å². The van der Waals surface area contributed by atoms with Crippen molar-refractivity contribution in [3.05, 3.63) is 127 Å². The third-order valence-electron chi connectivity index (χ3n) is 5.24. The second-order valence-corrected chi connectivity index (χ2v) is 7.24. The molecule has 1 aromatic heterocycles. The zero-order valence-electron chi connectivity index (χ0n) is 17.0. The minimum atomic E-state index is -0.291. The minimum Gasteiger partial charge on any atom is -1.00 e. The molecular weight excluding hydrogens is 426 g/mol. The molecule has 5 rings (SSSR count). The number of rotatable bonds is 4. The summed E-state index contributed by atoms with van der Waals surface area (Å²) in [6.45, 7) is 0. The summed E-state index contributed by atoms with van der Waals surface area (Å²) in [5, 5.41) is 0. The quantitative estimate of drug-likeness (QED) is 0.376. The predicted molar refractivity (Wildman–Crippen MR) is 118 cm³/mol. The van der Waals surface area contributed by atoms with Crippen LogP contribution in [0.15, 0.2) is 116 Å². The summed E-state index contributed by atoms with van der Waals surface area (Å²) in [6, 6.07) is 32.9. The van der Waals surface area contributed by atoms with E-state index in [4.69, 9.17) is 0 Å². The zero-order chi connectivity index (χ0) is 21.2. The molecule has 5 heteroatoms. The van der Waals surface area contributed by atoms with E-state index in [1.165, 1.54) is 24.3 Å². The molecule has 158 valence electrons. The molecule has 0 aliphatic heterocycles. The number of benzene rings is 4. The zero-order valence-corrected chi connectivity index (χ0v) is 17.8. The number of hydrogen-bond acceptors (Lipinski definition) is 0. The van der Waals surface area contributed by atoms with E-state index >= 15 is 0 Å². The summed E-state index contributed by atoms with van der Waals surface area (Å²) in [4.78, 5) is 0. The lowest BCUT2D eigenvalue weighted by molar-refractivity contribution is -0.583. The van der Waals surface area contributed by atoms with Gasteiger partial charge in [-0.3, -0.25) is 0 Å². The molecule has 0 fully saturated rings. The average molecular weight is 445 g/mol. The van der Waals surface area contributed by atoms with Crippen molar-refractivity contribution >= 4 is 0 Å². The van der Waals surface area contributed by atoms with Crippen molar-refractivity contribution in [2.45, 2.75) is 0 Å². The fraction of sp³-hybridized carbons (Fsp3) is 0. The molecule has 0 radical (unpaired) electrons. The van der Waals surface area contributed by atoms with E-state index in [9.17, 15) is 8.78 Å². The van der Waals surface area contributed by atoms with Crippen LogP contribution in [0.5, 0.6) is 0 Å². The van der Waals surface area contributed by atoms with E-state index in [0.29, 0.717) is 0 Å². The van der Waals surface area contributed by atoms with E-state index in [1.807, 2.05) is 67.0 Å². The van der Waals surface area contributed by atoms with Gasteiger partial charge in [-0.25, -0.2) is 8.78 Å². The van der Waals surface area contributed by atoms with Crippen molar-refractivity contribution in [3.8, 4) is 33.9 Å². The van der Waals surface area contributed by atoms with Crippen molar-refractivity contribution in [2.24, 2.45) is 0 Å². The molecule has 0 unspecified atom stereocenters. The molecule has 0 bridgehead atoms. The smallest absolute Gasteiger partial charge is 0.255 e. The maximum Gasteiger partial charge on any atom is 0.255 e. The van der Waals surface area contributed by atoms with Gasteiger partial charge in [0.1, 0.15) is 23.0 Å². The average Bonchev–Trinajstić information content (AvgIpc) is 3.22. The summed E-state index contributed by atoms with van der Waals surface area (Å²) in [7, 11) is 0. The Bertz CT molecular complexity index is 1210. The van der Waals surface area contributed by atoms with Gasteiger partial charge in [0.2, 0.25) is 0 Å². The summed E-state index contributed by atoms with van der Waals surface area (Å²) in [6.07, 6.45) is 2.02. The molecular formula is C27H19ClF2N2. The van der Waals surface area contributed by atoms with E-state index in [0.717, 1.165) is 33.9 Å². The van der Waals surface area contributed by atoms with Crippen LogP contribution in [0, 0.1) is 11.6 Å².